The maximum atomic E-state index is 9.82. The molecule has 0 saturated carbocycles. The van der Waals surface area contributed by atoms with Crippen LogP contribution < -0.4 is 0 Å². The maximum absolute atomic E-state index is 9.82. The second-order valence-corrected chi connectivity index (χ2v) is 5.65. The van der Waals surface area contributed by atoms with Crippen LogP contribution in [0.15, 0.2) is 0 Å². The summed E-state index contributed by atoms with van der Waals surface area (Å²) >= 11 is 0. The topological polar surface area (TPSA) is 199 Å². The lowest BCUT2D eigenvalue weighted by Gasteiger charge is -2.42. The van der Waals surface area contributed by atoms with E-state index in [0.29, 0.717) is 0 Å². The highest BCUT2D eigenvalue weighted by atomic mass is 17.1. The molecular weight excluding hydrogens is 336 g/mol. The average Bonchev–Trinajstić information content (AvgIpc) is 2.57. The van der Waals surface area contributed by atoms with Gasteiger partial charge in [0.15, 0.2) is 18.7 Å². The van der Waals surface area contributed by atoms with Gasteiger partial charge < -0.3 is 50.0 Å². The molecule has 0 radical (unpaired) electrons. The molecule has 10 atom stereocenters. The Morgan fingerprint density at radius 2 is 1.38 bits per heavy atom. The predicted octanol–water partition coefficient (Wildman–Crippen LogP) is -4.90. The van der Waals surface area contributed by atoms with Gasteiger partial charge in [-0.3, -0.25) is 5.26 Å². The SMILES string of the molecule is OC[C@H]1O[C@@H](OC[C@H]2O[C@@H](O)[C@H](O)[C@@H](O)[C@@H]2O)[C@H](OO)[C@@H](O)[C@@H]1O. The second kappa shape index (κ2) is 8.27. The lowest BCUT2D eigenvalue weighted by atomic mass is 9.98. The molecule has 0 amide bonds. The molecule has 8 N–H and O–H groups in total. The third-order valence-electron chi connectivity index (χ3n) is 4.06. The summed E-state index contributed by atoms with van der Waals surface area (Å²) < 4.78 is 15.2. The largest absolute Gasteiger partial charge is 0.394 e. The van der Waals surface area contributed by atoms with Crippen molar-refractivity contribution in [2.75, 3.05) is 13.2 Å². The summed E-state index contributed by atoms with van der Waals surface area (Å²) in [5, 5.41) is 75.6. The first kappa shape index (κ1) is 19.8. The number of aliphatic hydroxyl groups is 7. The Bertz CT molecular complexity index is 396. The van der Waals surface area contributed by atoms with Crippen molar-refractivity contribution in [2.24, 2.45) is 0 Å². The first-order chi connectivity index (χ1) is 11.3. The Morgan fingerprint density at radius 3 is 1.96 bits per heavy atom. The molecule has 2 saturated heterocycles. The normalized spacial score (nSPS) is 50.0. The van der Waals surface area contributed by atoms with E-state index in [2.05, 4.69) is 4.89 Å². The fourth-order valence-corrected chi connectivity index (χ4v) is 2.56. The van der Waals surface area contributed by atoms with Gasteiger partial charge in [-0.1, -0.05) is 0 Å². The minimum absolute atomic E-state index is 0.493. The quantitative estimate of drug-likeness (QED) is 0.172. The Balaban J connectivity index is 1.98. The van der Waals surface area contributed by atoms with Crippen LogP contribution in [0.4, 0.5) is 0 Å². The van der Waals surface area contributed by atoms with Crippen LogP contribution in [-0.4, -0.2) is 116 Å². The fraction of sp³-hybridized carbons (Fsp3) is 1.00. The van der Waals surface area contributed by atoms with E-state index >= 15 is 0 Å². The first-order valence-corrected chi connectivity index (χ1v) is 7.23. The second-order valence-electron chi connectivity index (χ2n) is 5.65. The van der Waals surface area contributed by atoms with Crippen LogP contribution >= 0.6 is 0 Å². The van der Waals surface area contributed by atoms with Crippen molar-refractivity contribution in [2.45, 2.75) is 61.4 Å². The Hall–Kier alpha value is -0.480. The summed E-state index contributed by atoms with van der Waals surface area (Å²) in [7, 11) is 0. The molecule has 2 aliphatic rings. The summed E-state index contributed by atoms with van der Waals surface area (Å²) in [6.07, 6.45) is -15.4. The molecule has 0 aromatic carbocycles. The molecule has 0 spiro atoms. The molecule has 2 aliphatic heterocycles. The van der Waals surface area contributed by atoms with Crippen LogP contribution in [0.25, 0.3) is 0 Å². The Kier molecular flexibility index (Phi) is 6.83. The summed E-state index contributed by atoms with van der Waals surface area (Å²) in [4.78, 5) is 4.02. The van der Waals surface area contributed by atoms with Crippen molar-refractivity contribution in [3.8, 4) is 0 Å². The van der Waals surface area contributed by atoms with E-state index in [1.165, 1.54) is 0 Å². The van der Waals surface area contributed by atoms with Gasteiger partial charge in [0, 0.05) is 0 Å². The fourth-order valence-electron chi connectivity index (χ4n) is 2.56. The van der Waals surface area contributed by atoms with Crippen LogP contribution in [0.1, 0.15) is 0 Å². The van der Waals surface area contributed by atoms with Gasteiger partial charge in [-0.05, 0) is 0 Å². The number of ether oxygens (including phenoxy) is 3. The standard InChI is InChI=1S/C12H22O12/c13-1-3-5(14)8(17)10(24-20)12(23-3)21-2-4-6(15)7(16)9(18)11(19)22-4/h3-20H,1-2H2/t3-,4-,5-,6-,7+,8+,9-,10-,11-,12-/m1/s1. The molecule has 0 aromatic heterocycles. The van der Waals surface area contributed by atoms with Gasteiger partial charge in [0.2, 0.25) is 0 Å². The van der Waals surface area contributed by atoms with Crippen molar-refractivity contribution >= 4 is 0 Å². The molecule has 0 unspecified atom stereocenters. The summed E-state index contributed by atoms with van der Waals surface area (Å²) in [6.45, 7) is -1.14. The minimum atomic E-state index is -1.76. The number of aliphatic hydroxyl groups excluding tert-OH is 7. The molecule has 24 heavy (non-hydrogen) atoms. The number of hydrogen-bond donors (Lipinski definition) is 8. The van der Waals surface area contributed by atoms with E-state index in [-0.39, 0.29) is 0 Å². The van der Waals surface area contributed by atoms with Gasteiger partial charge in [-0.2, -0.15) is 0 Å². The molecule has 2 heterocycles. The highest BCUT2D eigenvalue weighted by molar-refractivity contribution is 4.91. The predicted molar refractivity (Wildman–Crippen MR) is 70.1 cm³/mol. The lowest BCUT2D eigenvalue weighted by molar-refractivity contribution is -0.392. The average molecular weight is 358 g/mol. The van der Waals surface area contributed by atoms with Crippen LogP contribution in [-0.2, 0) is 19.1 Å². The van der Waals surface area contributed by atoms with Crippen LogP contribution in [0.2, 0.25) is 0 Å². The third kappa shape index (κ3) is 3.85. The highest BCUT2D eigenvalue weighted by Gasteiger charge is 2.48. The van der Waals surface area contributed by atoms with Crippen molar-refractivity contribution < 1.29 is 60.1 Å². The minimum Gasteiger partial charge on any atom is -0.394 e. The summed E-state index contributed by atoms with van der Waals surface area (Å²) in [5.74, 6) is 0. The van der Waals surface area contributed by atoms with Crippen LogP contribution in [0.3, 0.4) is 0 Å². The van der Waals surface area contributed by atoms with Crippen molar-refractivity contribution in [1.82, 2.24) is 0 Å². The zero-order chi connectivity index (χ0) is 18.0. The van der Waals surface area contributed by atoms with Crippen LogP contribution in [0.5, 0.6) is 0 Å². The Labute approximate surface area is 135 Å². The molecule has 142 valence electrons. The van der Waals surface area contributed by atoms with Gasteiger partial charge in [0.1, 0.15) is 42.7 Å². The summed E-state index contributed by atoms with van der Waals surface area (Å²) in [5.41, 5.74) is 0. The van der Waals surface area contributed by atoms with E-state index in [9.17, 15) is 30.6 Å². The smallest absolute Gasteiger partial charge is 0.190 e. The first-order valence-electron chi connectivity index (χ1n) is 7.23. The molecular formula is C12H22O12. The highest BCUT2D eigenvalue weighted by Crippen LogP contribution is 2.26. The van der Waals surface area contributed by atoms with Gasteiger partial charge in [-0.25, -0.2) is 4.89 Å². The summed E-state index contributed by atoms with van der Waals surface area (Å²) in [6, 6.07) is 0. The molecule has 0 aliphatic carbocycles. The van der Waals surface area contributed by atoms with Gasteiger partial charge >= 0.3 is 0 Å². The zero-order valence-electron chi connectivity index (χ0n) is 12.4. The van der Waals surface area contributed by atoms with Gasteiger partial charge in [0.05, 0.1) is 13.2 Å². The third-order valence-corrected chi connectivity index (χ3v) is 4.06. The van der Waals surface area contributed by atoms with Crippen molar-refractivity contribution in [3.05, 3.63) is 0 Å². The van der Waals surface area contributed by atoms with E-state index in [0.717, 1.165) is 0 Å². The lowest BCUT2D eigenvalue weighted by Crippen LogP contribution is -2.61. The number of hydrogen-bond acceptors (Lipinski definition) is 12. The zero-order valence-corrected chi connectivity index (χ0v) is 12.4. The molecule has 12 heteroatoms. The molecule has 0 aromatic rings. The number of rotatable bonds is 5. The molecule has 12 nitrogen and oxygen atoms in total. The molecule has 2 rings (SSSR count). The van der Waals surface area contributed by atoms with Crippen molar-refractivity contribution in [3.63, 3.8) is 0 Å². The molecule has 2 fully saturated rings. The monoisotopic (exact) mass is 358 g/mol. The van der Waals surface area contributed by atoms with Gasteiger partial charge in [-0.15, -0.1) is 0 Å². The van der Waals surface area contributed by atoms with E-state index in [1.54, 1.807) is 0 Å². The van der Waals surface area contributed by atoms with E-state index in [4.69, 9.17) is 24.6 Å². The maximum Gasteiger partial charge on any atom is 0.190 e. The van der Waals surface area contributed by atoms with E-state index in [1.807, 2.05) is 0 Å². The van der Waals surface area contributed by atoms with Gasteiger partial charge in [0.25, 0.3) is 0 Å². The van der Waals surface area contributed by atoms with Crippen LogP contribution in [0, 0.1) is 0 Å². The molecule has 0 bridgehead atoms. The van der Waals surface area contributed by atoms with E-state index < -0.39 is 74.6 Å². The van der Waals surface area contributed by atoms with Crippen molar-refractivity contribution in [1.29, 1.82) is 0 Å². The Morgan fingerprint density at radius 1 is 0.750 bits per heavy atom.